The molecular weight excluding hydrogens is 319 g/mol. The van der Waals surface area contributed by atoms with Crippen LogP contribution in [-0.2, 0) is 0 Å². The lowest BCUT2D eigenvalue weighted by Crippen LogP contribution is -2.02. The van der Waals surface area contributed by atoms with Gasteiger partial charge in [0.2, 0.25) is 5.95 Å². The summed E-state index contributed by atoms with van der Waals surface area (Å²) in [5.74, 6) is 1.02. The standard InChI is InChI=1S/C18H19FN6/c1-9(2)25-10(3)23-16-14(19)5-11(6-15(16)25)12-7-21-17-13(12)8-22-18(20-4)24-17/h5-9H,1-4H3,(H2,20,21,22,24). The zero-order chi connectivity index (χ0) is 17.7. The first-order chi connectivity index (χ1) is 12.0. The van der Waals surface area contributed by atoms with Crippen molar-refractivity contribution < 1.29 is 4.39 Å². The summed E-state index contributed by atoms with van der Waals surface area (Å²) in [6.07, 6.45) is 3.58. The van der Waals surface area contributed by atoms with E-state index in [0.717, 1.165) is 27.9 Å². The fourth-order valence-electron chi connectivity index (χ4n) is 3.34. The molecule has 4 aromatic rings. The van der Waals surface area contributed by atoms with E-state index in [2.05, 4.69) is 39.1 Å². The monoisotopic (exact) mass is 338 g/mol. The second-order valence-corrected chi connectivity index (χ2v) is 6.36. The minimum Gasteiger partial charge on any atom is -0.357 e. The summed E-state index contributed by atoms with van der Waals surface area (Å²) in [7, 11) is 1.77. The highest BCUT2D eigenvalue weighted by molar-refractivity contribution is 5.96. The smallest absolute Gasteiger partial charge is 0.224 e. The van der Waals surface area contributed by atoms with Gasteiger partial charge in [0.05, 0.1) is 5.52 Å². The van der Waals surface area contributed by atoms with Crippen molar-refractivity contribution in [1.29, 1.82) is 0 Å². The van der Waals surface area contributed by atoms with Crippen LogP contribution in [0.5, 0.6) is 0 Å². The Morgan fingerprint density at radius 2 is 2.04 bits per heavy atom. The zero-order valence-electron chi connectivity index (χ0n) is 14.6. The Morgan fingerprint density at radius 1 is 1.24 bits per heavy atom. The molecule has 3 heterocycles. The number of hydrogen-bond acceptors (Lipinski definition) is 4. The van der Waals surface area contributed by atoms with Crippen LogP contribution >= 0.6 is 0 Å². The summed E-state index contributed by atoms with van der Waals surface area (Å²) in [5.41, 5.74) is 3.56. The normalized spacial score (nSPS) is 11.8. The SMILES string of the molecule is CNc1ncc2c(-c3cc(F)c4nc(C)n(C(C)C)c4c3)c[nH]c2n1. The van der Waals surface area contributed by atoms with E-state index in [1.54, 1.807) is 13.2 Å². The molecule has 0 unspecified atom stereocenters. The molecule has 0 saturated carbocycles. The van der Waals surface area contributed by atoms with Gasteiger partial charge in [-0.3, -0.25) is 0 Å². The minimum absolute atomic E-state index is 0.198. The summed E-state index contributed by atoms with van der Waals surface area (Å²) in [4.78, 5) is 16.2. The lowest BCUT2D eigenvalue weighted by Gasteiger charge is -2.11. The molecule has 3 aromatic heterocycles. The number of imidazole rings is 1. The van der Waals surface area contributed by atoms with Crippen LogP contribution in [0.3, 0.4) is 0 Å². The van der Waals surface area contributed by atoms with E-state index in [4.69, 9.17) is 0 Å². The van der Waals surface area contributed by atoms with Gasteiger partial charge < -0.3 is 14.9 Å². The molecule has 0 aliphatic carbocycles. The number of rotatable bonds is 3. The molecule has 0 fully saturated rings. The Bertz CT molecular complexity index is 1090. The van der Waals surface area contributed by atoms with Crippen molar-refractivity contribution in [3.05, 3.63) is 36.2 Å². The zero-order valence-corrected chi connectivity index (χ0v) is 14.6. The number of nitrogens with zero attached hydrogens (tertiary/aromatic N) is 4. The van der Waals surface area contributed by atoms with Gasteiger partial charge in [0.1, 0.15) is 17.0 Å². The highest BCUT2D eigenvalue weighted by Gasteiger charge is 2.17. The third kappa shape index (κ3) is 2.34. The van der Waals surface area contributed by atoms with Gasteiger partial charge in [0, 0.05) is 36.4 Å². The van der Waals surface area contributed by atoms with Crippen molar-refractivity contribution in [2.24, 2.45) is 0 Å². The Kier molecular flexibility index (Phi) is 3.45. The van der Waals surface area contributed by atoms with Crippen LogP contribution in [0.1, 0.15) is 25.7 Å². The molecular formula is C18H19FN6. The molecule has 7 heteroatoms. The molecule has 0 aliphatic rings. The number of anilines is 1. The molecule has 6 nitrogen and oxygen atoms in total. The van der Waals surface area contributed by atoms with Crippen molar-refractivity contribution in [1.82, 2.24) is 24.5 Å². The molecule has 128 valence electrons. The van der Waals surface area contributed by atoms with Gasteiger partial charge in [-0.2, -0.15) is 4.98 Å². The Labute approximate surface area is 144 Å². The number of hydrogen-bond donors (Lipinski definition) is 2. The molecule has 4 rings (SSSR count). The number of halogens is 1. The number of H-pyrrole nitrogens is 1. The van der Waals surface area contributed by atoms with E-state index >= 15 is 0 Å². The first kappa shape index (κ1) is 15.6. The molecule has 0 saturated heterocycles. The predicted molar refractivity (Wildman–Crippen MR) is 97.2 cm³/mol. The molecule has 0 bridgehead atoms. The molecule has 1 aromatic carbocycles. The summed E-state index contributed by atoms with van der Waals surface area (Å²) in [6, 6.07) is 3.70. The van der Waals surface area contributed by atoms with Gasteiger partial charge in [0.15, 0.2) is 5.82 Å². The summed E-state index contributed by atoms with van der Waals surface area (Å²) in [6.45, 7) is 6.03. The molecule has 2 N–H and O–H groups in total. The van der Waals surface area contributed by atoms with E-state index < -0.39 is 0 Å². The van der Waals surface area contributed by atoms with Crippen molar-refractivity contribution in [2.45, 2.75) is 26.8 Å². The van der Waals surface area contributed by atoms with E-state index in [0.29, 0.717) is 17.1 Å². The van der Waals surface area contributed by atoms with Crippen LogP contribution in [0.2, 0.25) is 0 Å². The fourth-order valence-corrected chi connectivity index (χ4v) is 3.34. The third-order valence-corrected chi connectivity index (χ3v) is 4.41. The number of nitrogens with one attached hydrogen (secondary N) is 2. The number of aromatic amines is 1. The average Bonchev–Trinajstić information content (AvgIpc) is 3.14. The Morgan fingerprint density at radius 3 is 2.76 bits per heavy atom. The lowest BCUT2D eigenvalue weighted by atomic mass is 10.1. The highest BCUT2D eigenvalue weighted by atomic mass is 19.1. The maximum atomic E-state index is 14.7. The van der Waals surface area contributed by atoms with Crippen LogP contribution in [0.4, 0.5) is 10.3 Å². The van der Waals surface area contributed by atoms with Crippen LogP contribution in [0, 0.1) is 12.7 Å². The van der Waals surface area contributed by atoms with E-state index in [-0.39, 0.29) is 11.9 Å². The second-order valence-electron chi connectivity index (χ2n) is 6.36. The lowest BCUT2D eigenvalue weighted by molar-refractivity contribution is 0.600. The largest absolute Gasteiger partial charge is 0.357 e. The molecule has 0 radical (unpaired) electrons. The summed E-state index contributed by atoms with van der Waals surface area (Å²) < 4.78 is 16.7. The fraction of sp³-hybridized carbons (Fsp3) is 0.278. The van der Waals surface area contributed by atoms with Gasteiger partial charge in [-0.1, -0.05) is 0 Å². The van der Waals surface area contributed by atoms with Crippen molar-refractivity contribution >= 4 is 28.0 Å². The first-order valence-corrected chi connectivity index (χ1v) is 8.20. The third-order valence-electron chi connectivity index (χ3n) is 4.41. The average molecular weight is 338 g/mol. The first-order valence-electron chi connectivity index (χ1n) is 8.20. The predicted octanol–water partition coefficient (Wildman–Crippen LogP) is 4.04. The van der Waals surface area contributed by atoms with Crippen molar-refractivity contribution in [3.8, 4) is 11.1 Å². The van der Waals surface area contributed by atoms with Gasteiger partial charge in [-0.05, 0) is 38.5 Å². The maximum absolute atomic E-state index is 14.7. The van der Waals surface area contributed by atoms with Gasteiger partial charge in [-0.15, -0.1) is 0 Å². The molecule has 25 heavy (non-hydrogen) atoms. The summed E-state index contributed by atoms with van der Waals surface area (Å²) in [5, 5.41) is 3.76. The van der Waals surface area contributed by atoms with Crippen LogP contribution < -0.4 is 5.32 Å². The minimum atomic E-state index is -0.322. The van der Waals surface area contributed by atoms with E-state index in [9.17, 15) is 4.39 Å². The van der Waals surface area contributed by atoms with Crippen LogP contribution in [-0.4, -0.2) is 31.6 Å². The number of fused-ring (bicyclic) bond motifs is 2. The Hall–Kier alpha value is -2.96. The summed E-state index contributed by atoms with van der Waals surface area (Å²) >= 11 is 0. The highest BCUT2D eigenvalue weighted by Crippen LogP contribution is 2.33. The maximum Gasteiger partial charge on any atom is 0.224 e. The Balaban J connectivity index is 1.97. The number of benzene rings is 1. The molecule has 0 atom stereocenters. The van der Waals surface area contributed by atoms with E-state index in [1.165, 1.54) is 6.07 Å². The van der Waals surface area contributed by atoms with Crippen LogP contribution in [0.25, 0.3) is 33.2 Å². The van der Waals surface area contributed by atoms with Gasteiger partial charge >= 0.3 is 0 Å². The molecule has 0 spiro atoms. The van der Waals surface area contributed by atoms with Crippen molar-refractivity contribution in [3.63, 3.8) is 0 Å². The van der Waals surface area contributed by atoms with Crippen LogP contribution in [0.15, 0.2) is 24.5 Å². The molecule has 0 amide bonds. The number of aromatic nitrogens is 5. The van der Waals surface area contributed by atoms with Gasteiger partial charge in [0.25, 0.3) is 0 Å². The quantitative estimate of drug-likeness (QED) is 0.591. The second kappa shape index (κ2) is 5.54. The van der Waals surface area contributed by atoms with Crippen molar-refractivity contribution in [2.75, 3.05) is 12.4 Å². The molecule has 0 aliphatic heterocycles. The topological polar surface area (TPSA) is 71.4 Å². The van der Waals surface area contributed by atoms with E-state index in [1.807, 2.05) is 23.8 Å². The number of aryl methyl sites for hydroxylation is 1. The van der Waals surface area contributed by atoms with Gasteiger partial charge in [-0.25, -0.2) is 14.4 Å².